The quantitative estimate of drug-likeness (QED) is 0.320. The number of carbonyl (C=O) groups is 3. The summed E-state index contributed by atoms with van der Waals surface area (Å²) in [7, 11) is 0. The molecule has 0 aliphatic heterocycles. The molecule has 2 amide bonds. The number of hydrogen-bond donors (Lipinski definition) is 4. The van der Waals surface area contributed by atoms with Gasteiger partial charge in [0.25, 0.3) is 5.91 Å². The minimum absolute atomic E-state index is 0.144. The highest BCUT2D eigenvalue weighted by molar-refractivity contribution is 5.98. The smallest absolute Gasteiger partial charge is 0.251 e. The highest BCUT2D eigenvalue weighted by Crippen LogP contribution is 2.11. The van der Waals surface area contributed by atoms with Gasteiger partial charge in [-0.15, -0.1) is 0 Å². The van der Waals surface area contributed by atoms with Crippen LogP contribution in [0.1, 0.15) is 40.4 Å². The van der Waals surface area contributed by atoms with Gasteiger partial charge in [0.15, 0.2) is 5.78 Å². The Kier molecular flexibility index (Phi) is 10.5. The first-order chi connectivity index (χ1) is 18.7. The summed E-state index contributed by atoms with van der Waals surface area (Å²) in [6.45, 7) is 0.566. The molecule has 8 heteroatoms. The third-order valence-corrected chi connectivity index (χ3v) is 5.62. The van der Waals surface area contributed by atoms with E-state index in [4.69, 9.17) is 5.11 Å². The second-order valence-electron chi connectivity index (χ2n) is 8.65. The van der Waals surface area contributed by atoms with Gasteiger partial charge in [-0.3, -0.25) is 14.4 Å². The van der Waals surface area contributed by atoms with Gasteiger partial charge < -0.3 is 20.8 Å². The summed E-state index contributed by atoms with van der Waals surface area (Å²) in [5.74, 6) is 9.59. The number of aryl methyl sites for hydroxylation is 1. The fourth-order valence-corrected chi connectivity index (χ4v) is 3.47. The first-order valence-electron chi connectivity index (χ1n) is 12.1. The fourth-order valence-electron chi connectivity index (χ4n) is 3.47. The van der Waals surface area contributed by atoms with Crippen molar-refractivity contribution in [3.8, 4) is 23.7 Å². The van der Waals surface area contributed by atoms with Gasteiger partial charge in [-0.25, -0.2) is 4.39 Å². The number of carbonyl (C=O) groups excluding carboxylic acids is 3. The maximum absolute atomic E-state index is 13.0. The first kappa shape index (κ1) is 28.8. The molecule has 4 N–H and O–H groups in total. The molecule has 0 aliphatic rings. The van der Waals surface area contributed by atoms with Gasteiger partial charge in [0.05, 0.1) is 6.10 Å². The van der Waals surface area contributed by atoms with Gasteiger partial charge in [-0.2, -0.15) is 0 Å². The largest absolute Gasteiger partial charge is 0.391 e. The van der Waals surface area contributed by atoms with Gasteiger partial charge in [-0.05, 0) is 91.4 Å². The SMILES string of the molecule is C[C@@H](O)[C@H](NC(=O)c1ccc(C#CC#Cc2ccc(NC(=O)CCc3ccc(F)cc3)cc2)cc1)C(=O)CO. The van der Waals surface area contributed by atoms with Crippen LogP contribution >= 0.6 is 0 Å². The summed E-state index contributed by atoms with van der Waals surface area (Å²) in [6.07, 6.45) is -0.356. The van der Waals surface area contributed by atoms with Crippen LogP contribution in [-0.4, -0.2) is 46.6 Å². The van der Waals surface area contributed by atoms with Crippen molar-refractivity contribution in [2.45, 2.75) is 31.9 Å². The van der Waals surface area contributed by atoms with E-state index in [-0.39, 0.29) is 23.7 Å². The molecular weight excluding hydrogens is 499 g/mol. The van der Waals surface area contributed by atoms with E-state index in [0.717, 1.165) is 5.56 Å². The highest BCUT2D eigenvalue weighted by atomic mass is 19.1. The second-order valence-corrected chi connectivity index (χ2v) is 8.65. The van der Waals surface area contributed by atoms with Crippen LogP contribution in [0.4, 0.5) is 10.1 Å². The predicted octanol–water partition coefficient (Wildman–Crippen LogP) is 2.84. The zero-order chi connectivity index (χ0) is 28.2. The first-order valence-corrected chi connectivity index (χ1v) is 12.1. The van der Waals surface area contributed by atoms with Crippen LogP contribution in [0.15, 0.2) is 72.8 Å². The molecule has 0 unspecified atom stereocenters. The number of benzene rings is 3. The fraction of sp³-hybridized carbons (Fsp3) is 0.194. The Balaban J connectivity index is 1.50. The molecule has 0 aliphatic carbocycles. The Bertz CT molecular complexity index is 1430. The van der Waals surface area contributed by atoms with Gasteiger partial charge in [0.1, 0.15) is 18.5 Å². The van der Waals surface area contributed by atoms with Crippen molar-refractivity contribution in [3.05, 3.63) is 101 Å². The lowest BCUT2D eigenvalue weighted by Crippen LogP contribution is -2.48. The number of aliphatic hydroxyl groups excluding tert-OH is 2. The van der Waals surface area contributed by atoms with Crippen LogP contribution in [0.2, 0.25) is 0 Å². The summed E-state index contributed by atoms with van der Waals surface area (Å²) >= 11 is 0. The molecule has 7 nitrogen and oxygen atoms in total. The molecule has 0 saturated heterocycles. The summed E-state index contributed by atoms with van der Waals surface area (Å²) in [6, 6.07) is 18.2. The van der Waals surface area contributed by atoms with Crippen LogP contribution in [0, 0.1) is 29.5 Å². The van der Waals surface area contributed by atoms with E-state index in [9.17, 15) is 23.9 Å². The van der Waals surface area contributed by atoms with E-state index in [1.807, 2.05) is 0 Å². The molecule has 0 radical (unpaired) electrons. The van der Waals surface area contributed by atoms with E-state index in [1.165, 1.54) is 31.2 Å². The minimum Gasteiger partial charge on any atom is -0.391 e. The third-order valence-electron chi connectivity index (χ3n) is 5.62. The minimum atomic E-state index is -1.20. The van der Waals surface area contributed by atoms with Crippen molar-refractivity contribution in [2.75, 3.05) is 11.9 Å². The average Bonchev–Trinajstić information content (AvgIpc) is 2.94. The van der Waals surface area contributed by atoms with Crippen molar-refractivity contribution >= 4 is 23.3 Å². The van der Waals surface area contributed by atoms with E-state index in [1.54, 1.807) is 48.5 Å². The molecule has 39 heavy (non-hydrogen) atoms. The molecule has 2 atom stereocenters. The number of rotatable bonds is 9. The van der Waals surface area contributed by atoms with Gasteiger partial charge in [0, 0.05) is 28.8 Å². The zero-order valence-electron chi connectivity index (χ0n) is 21.2. The van der Waals surface area contributed by atoms with Gasteiger partial charge >= 0.3 is 0 Å². The van der Waals surface area contributed by atoms with E-state index >= 15 is 0 Å². The molecule has 0 spiro atoms. The number of halogens is 1. The predicted molar refractivity (Wildman–Crippen MR) is 145 cm³/mol. The van der Waals surface area contributed by atoms with Crippen LogP contribution in [-0.2, 0) is 16.0 Å². The number of anilines is 1. The molecule has 0 aromatic heterocycles. The molecule has 3 aromatic rings. The van der Waals surface area contributed by atoms with Crippen LogP contribution in [0.5, 0.6) is 0 Å². The maximum atomic E-state index is 13.0. The van der Waals surface area contributed by atoms with E-state index < -0.39 is 30.4 Å². The molecule has 0 fully saturated rings. The van der Waals surface area contributed by atoms with Crippen molar-refractivity contribution in [1.29, 1.82) is 0 Å². The van der Waals surface area contributed by atoms with E-state index in [0.29, 0.717) is 23.2 Å². The monoisotopic (exact) mass is 526 g/mol. The summed E-state index contributed by atoms with van der Waals surface area (Å²) in [4.78, 5) is 36.2. The summed E-state index contributed by atoms with van der Waals surface area (Å²) in [5.41, 5.74) is 3.13. The number of ketones is 1. The Hall–Kier alpha value is -4.76. The third kappa shape index (κ3) is 9.24. The standard InChI is InChI=1S/C31H27FN2O5/c1-21(36)30(28(37)20-35)34-31(39)25-13-6-22(7-14-25)4-2-3-5-23-10-17-27(18-11-23)33-29(38)19-12-24-8-15-26(32)16-9-24/h6-11,13-18,21,30,35-36H,12,19-20H2,1H3,(H,33,38)(H,34,39)/t21-,30+/m1/s1. The van der Waals surface area contributed by atoms with Crippen molar-refractivity contribution < 1.29 is 29.0 Å². The molecule has 198 valence electrons. The van der Waals surface area contributed by atoms with Crippen molar-refractivity contribution in [2.24, 2.45) is 0 Å². The zero-order valence-corrected chi connectivity index (χ0v) is 21.2. The van der Waals surface area contributed by atoms with Crippen molar-refractivity contribution in [1.82, 2.24) is 5.32 Å². The molecule has 0 bridgehead atoms. The average molecular weight is 527 g/mol. The van der Waals surface area contributed by atoms with Crippen molar-refractivity contribution in [3.63, 3.8) is 0 Å². The summed E-state index contributed by atoms with van der Waals surface area (Å²) < 4.78 is 13.0. The lowest BCUT2D eigenvalue weighted by Gasteiger charge is -2.19. The Labute approximate surface area is 226 Å². The summed E-state index contributed by atoms with van der Waals surface area (Å²) in [5, 5.41) is 23.9. The van der Waals surface area contributed by atoms with Crippen LogP contribution in [0.25, 0.3) is 0 Å². The number of hydrogen-bond acceptors (Lipinski definition) is 5. The number of nitrogens with one attached hydrogen (secondary N) is 2. The Morgan fingerprint density at radius 1 is 0.872 bits per heavy atom. The Morgan fingerprint density at radius 2 is 1.44 bits per heavy atom. The lowest BCUT2D eigenvalue weighted by atomic mass is 10.1. The molecule has 3 aromatic carbocycles. The molecular formula is C31H27FN2O5. The highest BCUT2D eigenvalue weighted by Gasteiger charge is 2.25. The van der Waals surface area contributed by atoms with Gasteiger partial charge in [0.2, 0.25) is 5.91 Å². The van der Waals surface area contributed by atoms with E-state index in [2.05, 4.69) is 34.3 Å². The molecule has 0 heterocycles. The number of amides is 2. The molecule has 3 rings (SSSR count). The number of Topliss-reactive ketones (excluding diaryl/α,β-unsaturated/α-hetero) is 1. The maximum Gasteiger partial charge on any atom is 0.251 e. The lowest BCUT2D eigenvalue weighted by molar-refractivity contribution is -0.126. The van der Waals surface area contributed by atoms with Crippen LogP contribution < -0.4 is 10.6 Å². The molecule has 0 saturated carbocycles. The van der Waals surface area contributed by atoms with Gasteiger partial charge in [-0.1, -0.05) is 24.0 Å². The Morgan fingerprint density at radius 3 is 1.97 bits per heavy atom. The normalized spacial score (nSPS) is 11.6. The topological polar surface area (TPSA) is 116 Å². The second kappa shape index (κ2) is 14.3. The van der Waals surface area contributed by atoms with Crippen LogP contribution in [0.3, 0.4) is 0 Å². The number of aliphatic hydroxyl groups is 2.